The first-order chi connectivity index (χ1) is 9.17. The number of H-pyrrole nitrogens is 1. The average Bonchev–Trinajstić information content (AvgIpc) is 2.81. The molecule has 96 valence electrons. The minimum absolute atomic E-state index is 0.276. The molecule has 0 saturated heterocycles. The van der Waals surface area contributed by atoms with E-state index in [-0.39, 0.29) is 5.82 Å². The predicted molar refractivity (Wildman–Crippen MR) is 71.2 cm³/mol. The van der Waals surface area contributed by atoms with Gasteiger partial charge in [-0.3, -0.25) is 0 Å². The molecule has 19 heavy (non-hydrogen) atoms. The van der Waals surface area contributed by atoms with Crippen molar-refractivity contribution in [1.29, 1.82) is 0 Å². The van der Waals surface area contributed by atoms with E-state index >= 15 is 0 Å². The second kappa shape index (κ2) is 4.42. The molecule has 1 aromatic carbocycles. The van der Waals surface area contributed by atoms with E-state index in [2.05, 4.69) is 20.2 Å². The lowest BCUT2D eigenvalue weighted by molar-refractivity contribution is 0.629. The van der Waals surface area contributed by atoms with E-state index in [1.807, 2.05) is 19.9 Å². The van der Waals surface area contributed by atoms with E-state index < -0.39 is 0 Å². The van der Waals surface area contributed by atoms with Gasteiger partial charge in [-0.05, 0) is 37.6 Å². The number of imidazole rings is 1. The molecule has 2 aromatic heterocycles. The first-order valence-corrected chi connectivity index (χ1v) is 6.16. The summed E-state index contributed by atoms with van der Waals surface area (Å²) in [5.74, 6) is 0.429. The standard InChI is InChI=1S/C14H13FN4/c1-3-11-10(6-8(2)18-19-11)14-16-12-5-4-9(15)7-13(12)17-14/h4-7H,3H2,1-2H3,(H,16,17). The summed E-state index contributed by atoms with van der Waals surface area (Å²) in [6, 6.07) is 6.46. The van der Waals surface area contributed by atoms with Gasteiger partial charge in [-0.15, -0.1) is 0 Å². The van der Waals surface area contributed by atoms with Crippen LogP contribution in [0, 0.1) is 12.7 Å². The summed E-state index contributed by atoms with van der Waals surface area (Å²) in [6.45, 7) is 3.91. The van der Waals surface area contributed by atoms with Crippen molar-refractivity contribution in [2.75, 3.05) is 0 Å². The van der Waals surface area contributed by atoms with Gasteiger partial charge < -0.3 is 4.98 Å². The van der Waals surface area contributed by atoms with Gasteiger partial charge >= 0.3 is 0 Å². The lowest BCUT2D eigenvalue weighted by atomic mass is 10.1. The number of rotatable bonds is 2. The van der Waals surface area contributed by atoms with Crippen molar-refractivity contribution in [3.05, 3.63) is 41.5 Å². The highest BCUT2D eigenvalue weighted by Gasteiger charge is 2.11. The van der Waals surface area contributed by atoms with E-state index in [4.69, 9.17) is 0 Å². The Morgan fingerprint density at radius 2 is 2.05 bits per heavy atom. The minimum Gasteiger partial charge on any atom is -0.338 e. The largest absolute Gasteiger partial charge is 0.338 e. The molecule has 0 amide bonds. The average molecular weight is 256 g/mol. The first-order valence-electron chi connectivity index (χ1n) is 6.16. The molecule has 0 aliphatic carbocycles. The monoisotopic (exact) mass is 256 g/mol. The van der Waals surface area contributed by atoms with Crippen LogP contribution in [0.25, 0.3) is 22.4 Å². The van der Waals surface area contributed by atoms with Crippen LogP contribution < -0.4 is 0 Å². The number of halogens is 1. The molecule has 0 aliphatic rings. The highest BCUT2D eigenvalue weighted by Crippen LogP contribution is 2.23. The molecule has 0 radical (unpaired) electrons. The zero-order valence-electron chi connectivity index (χ0n) is 10.7. The van der Waals surface area contributed by atoms with Gasteiger partial charge in [0.1, 0.15) is 11.6 Å². The number of fused-ring (bicyclic) bond motifs is 1. The molecule has 0 saturated carbocycles. The van der Waals surface area contributed by atoms with Crippen LogP contribution in [-0.2, 0) is 6.42 Å². The van der Waals surface area contributed by atoms with Crippen LogP contribution in [0.4, 0.5) is 4.39 Å². The third-order valence-corrected chi connectivity index (χ3v) is 3.03. The highest BCUT2D eigenvalue weighted by atomic mass is 19.1. The van der Waals surface area contributed by atoms with Gasteiger partial charge in [-0.1, -0.05) is 6.92 Å². The Morgan fingerprint density at radius 3 is 2.84 bits per heavy atom. The summed E-state index contributed by atoms with van der Waals surface area (Å²) in [6.07, 6.45) is 0.772. The Balaban J connectivity index is 2.21. The summed E-state index contributed by atoms with van der Waals surface area (Å²) in [4.78, 5) is 7.62. The summed E-state index contributed by atoms with van der Waals surface area (Å²) in [5.41, 5.74) is 4.06. The zero-order chi connectivity index (χ0) is 13.4. The summed E-state index contributed by atoms with van der Waals surface area (Å²) < 4.78 is 13.2. The molecule has 0 aliphatic heterocycles. The molecule has 3 rings (SSSR count). The second-order valence-electron chi connectivity index (χ2n) is 4.45. The van der Waals surface area contributed by atoms with Crippen LogP contribution in [0.15, 0.2) is 24.3 Å². The fourth-order valence-electron chi connectivity index (χ4n) is 2.09. The molecular formula is C14H13FN4. The zero-order valence-corrected chi connectivity index (χ0v) is 10.7. The van der Waals surface area contributed by atoms with Crippen molar-refractivity contribution in [3.8, 4) is 11.4 Å². The van der Waals surface area contributed by atoms with Gasteiger partial charge in [0.2, 0.25) is 0 Å². The van der Waals surface area contributed by atoms with E-state index in [0.717, 1.165) is 28.9 Å². The van der Waals surface area contributed by atoms with Crippen molar-refractivity contribution in [1.82, 2.24) is 20.2 Å². The van der Waals surface area contributed by atoms with E-state index in [0.29, 0.717) is 11.3 Å². The summed E-state index contributed by atoms with van der Waals surface area (Å²) in [5, 5.41) is 8.23. The maximum absolute atomic E-state index is 13.2. The number of benzene rings is 1. The lowest BCUT2D eigenvalue weighted by Gasteiger charge is -2.03. The van der Waals surface area contributed by atoms with Crippen LogP contribution in [0.1, 0.15) is 18.3 Å². The Labute approximate surface area is 109 Å². The van der Waals surface area contributed by atoms with Crippen molar-refractivity contribution in [3.63, 3.8) is 0 Å². The molecule has 5 heteroatoms. The predicted octanol–water partition coefficient (Wildman–Crippen LogP) is 3.03. The Hall–Kier alpha value is -2.30. The van der Waals surface area contributed by atoms with Crippen LogP contribution in [0.3, 0.4) is 0 Å². The van der Waals surface area contributed by atoms with Crippen molar-refractivity contribution < 1.29 is 4.39 Å². The van der Waals surface area contributed by atoms with Gasteiger partial charge in [-0.2, -0.15) is 10.2 Å². The molecule has 1 N–H and O–H groups in total. The van der Waals surface area contributed by atoms with E-state index in [1.54, 1.807) is 6.07 Å². The van der Waals surface area contributed by atoms with Crippen molar-refractivity contribution in [2.24, 2.45) is 0 Å². The van der Waals surface area contributed by atoms with Crippen molar-refractivity contribution >= 4 is 11.0 Å². The first kappa shape index (κ1) is 11.8. The topological polar surface area (TPSA) is 54.5 Å². The van der Waals surface area contributed by atoms with Crippen LogP contribution in [0.2, 0.25) is 0 Å². The SMILES string of the molecule is CCc1nnc(C)cc1-c1nc2ccc(F)cc2[nH]1. The third-order valence-electron chi connectivity index (χ3n) is 3.03. The van der Waals surface area contributed by atoms with Crippen LogP contribution in [0.5, 0.6) is 0 Å². The number of hydrogen-bond acceptors (Lipinski definition) is 3. The molecular weight excluding hydrogens is 243 g/mol. The molecule has 0 fully saturated rings. The fourth-order valence-corrected chi connectivity index (χ4v) is 2.09. The summed E-state index contributed by atoms with van der Waals surface area (Å²) in [7, 11) is 0. The Kier molecular flexibility index (Phi) is 2.74. The molecule has 3 aromatic rings. The van der Waals surface area contributed by atoms with Crippen LogP contribution >= 0.6 is 0 Å². The number of hydrogen-bond donors (Lipinski definition) is 1. The lowest BCUT2D eigenvalue weighted by Crippen LogP contribution is -1.98. The maximum atomic E-state index is 13.2. The van der Waals surface area contributed by atoms with Gasteiger partial charge in [0.05, 0.1) is 22.4 Å². The van der Waals surface area contributed by atoms with Gasteiger partial charge in [0, 0.05) is 5.56 Å². The Morgan fingerprint density at radius 1 is 1.21 bits per heavy atom. The molecule has 0 bridgehead atoms. The second-order valence-corrected chi connectivity index (χ2v) is 4.45. The van der Waals surface area contributed by atoms with E-state index in [9.17, 15) is 4.39 Å². The maximum Gasteiger partial charge on any atom is 0.140 e. The van der Waals surface area contributed by atoms with Crippen molar-refractivity contribution in [2.45, 2.75) is 20.3 Å². The van der Waals surface area contributed by atoms with Gasteiger partial charge in [0.25, 0.3) is 0 Å². The minimum atomic E-state index is -0.276. The number of aryl methyl sites for hydroxylation is 2. The molecule has 0 atom stereocenters. The quantitative estimate of drug-likeness (QED) is 0.766. The smallest absolute Gasteiger partial charge is 0.140 e. The molecule has 0 unspecified atom stereocenters. The van der Waals surface area contributed by atoms with Gasteiger partial charge in [-0.25, -0.2) is 9.37 Å². The third kappa shape index (κ3) is 2.07. The fraction of sp³-hybridized carbons (Fsp3) is 0.214. The molecule has 0 spiro atoms. The van der Waals surface area contributed by atoms with Gasteiger partial charge in [0.15, 0.2) is 0 Å². The normalized spacial score (nSPS) is 11.1. The number of nitrogens with one attached hydrogen (secondary N) is 1. The highest BCUT2D eigenvalue weighted by molar-refractivity contribution is 5.79. The number of nitrogens with zero attached hydrogens (tertiary/aromatic N) is 3. The summed E-state index contributed by atoms with van der Waals surface area (Å²) >= 11 is 0. The molecule has 2 heterocycles. The molecule has 4 nitrogen and oxygen atoms in total. The number of aromatic nitrogens is 4. The number of aromatic amines is 1. The van der Waals surface area contributed by atoms with E-state index in [1.165, 1.54) is 12.1 Å². The van der Waals surface area contributed by atoms with Crippen LogP contribution in [-0.4, -0.2) is 20.2 Å². The Bertz CT molecular complexity index is 748.